The Bertz CT molecular complexity index is 250. The maximum atomic E-state index is 9.33. The highest BCUT2D eigenvalue weighted by Gasteiger charge is 2.26. The second kappa shape index (κ2) is 7.97. The zero-order chi connectivity index (χ0) is 12.6. The van der Waals surface area contributed by atoms with Gasteiger partial charge in [0.15, 0.2) is 0 Å². The van der Waals surface area contributed by atoms with Gasteiger partial charge >= 0.3 is 0 Å². The molecule has 1 aliphatic heterocycles. The molecule has 0 spiro atoms. The third-order valence-corrected chi connectivity index (χ3v) is 4.51. The molecule has 1 heterocycles. The zero-order valence-electron chi connectivity index (χ0n) is 11.0. The van der Waals surface area contributed by atoms with E-state index in [0.29, 0.717) is 5.25 Å². The Morgan fingerprint density at radius 1 is 1.47 bits per heavy atom. The van der Waals surface area contributed by atoms with Crippen LogP contribution >= 0.6 is 11.8 Å². The first-order valence-corrected chi connectivity index (χ1v) is 7.67. The molecule has 4 heteroatoms. The fourth-order valence-electron chi connectivity index (χ4n) is 1.86. The SMILES string of the molecule is CCCNC(C#N)(CC)CCCSC1COC1. The molecule has 1 aliphatic rings. The van der Waals surface area contributed by atoms with Crippen LogP contribution in [0.5, 0.6) is 0 Å². The van der Waals surface area contributed by atoms with Crippen LogP contribution in [0.3, 0.4) is 0 Å². The summed E-state index contributed by atoms with van der Waals surface area (Å²) < 4.78 is 5.14. The largest absolute Gasteiger partial charge is 0.379 e. The van der Waals surface area contributed by atoms with Gasteiger partial charge in [0.25, 0.3) is 0 Å². The van der Waals surface area contributed by atoms with Gasteiger partial charge in [0, 0.05) is 0 Å². The van der Waals surface area contributed by atoms with Crippen LogP contribution in [0.4, 0.5) is 0 Å². The minimum Gasteiger partial charge on any atom is -0.379 e. The number of rotatable bonds is 9. The predicted molar refractivity (Wildman–Crippen MR) is 73.2 cm³/mol. The van der Waals surface area contributed by atoms with Crippen LogP contribution in [0.1, 0.15) is 39.5 Å². The van der Waals surface area contributed by atoms with Crippen molar-refractivity contribution in [3.63, 3.8) is 0 Å². The van der Waals surface area contributed by atoms with Crippen LogP contribution in [-0.2, 0) is 4.74 Å². The van der Waals surface area contributed by atoms with E-state index in [2.05, 4.69) is 25.2 Å². The smallest absolute Gasteiger partial charge is 0.106 e. The van der Waals surface area contributed by atoms with Gasteiger partial charge in [-0.3, -0.25) is 5.32 Å². The molecule has 1 rings (SSSR count). The minimum absolute atomic E-state index is 0.299. The lowest BCUT2D eigenvalue weighted by Crippen LogP contribution is -2.43. The van der Waals surface area contributed by atoms with Crippen molar-refractivity contribution in [2.45, 2.75) is 50.3 Å². The molecule has 0 aromatic carbocycles. The van der Waals surface area contributed by atoms with E-state index in [1.165, 1.54) is 0 Å². The van der Waals surface area contributed by atoms with Crippen molar-refractivity contribution in [2.75, 3.05) is 25.5 Å². The number of thioether (sulfide) groups is 1. The van der Waals surface area contributed by atoms with Gasteiger partial charge < -0.3 is 4.74 Å². The molecule has 98 valence electrons. The number of nitrogens with zero attached hydrogens (tertiary/aromatic N) is 1. The maximum absolute atomic E-state index is 9.33. The van der Waals surface area contributed by atoms with Crippen LogP contribution in [0.15, 0.2) is 0 Å². The lowest BCUT2D eigenvalue weighted by atomic mass is 9.92. The molecule has 1 unspecified atom stereocenters. The monoisotopic (exact) mass is 256 g/mol. The molecular weight excluding hydrogens is 232 g/mol. The molecule has 1 saturated heterocycles. The van der Waals surface area contributed by atoms with Gasteiger partial charge in [-0.1, -0.05) is 13.8 Å². The summed E-state index contributed by atoms with van der Waals surface area (Å²) in [6, 6.07) is 2.47. The molecule has 3 nitrogen and oxygen atoms in total. The van der Waals surface area contributed by atoms with Gasteiger partial charge in [-0.05, 0) is 38.0 Å². The molecule has 1 N–H and O–H groups in total. The lowest BCUT2D eigenvalue weighted by Gasteiger charge is -2.28. The molecule has 17 heavy (non-hydrogen) atoms. The summed E-state index contributed by atoms with van der Waals surface area (Å²) in [6.45, 7) is 6.99. The van der Waals surface area contributed by atoms with E-state index in [-0.39, 0.29) is 5.54 Å². The second-order valence-corrected chi connectivity index (χ2v) is 6.02. The summed E-state index contributed by atoms with van der Waals surface area (Å²) in [5.41, 5.74) is -0.299. The van der Waals surface area contributed by atoms with E-state index in [4.69, 9.17) is 4.74 Å². The van der Waals surface area contributed by atoms with Crippen molar-refractivity contribution >= 4 is 11.8 Å². The highest BCUT2D eigenvalue weighted by molar-refractivity contribution is 8.00. The van der Waals surface area contributed by atoms with Crippen molar-refractivity contribution in [3.05, 3.63) is 0 Å². The molecule has 1 atom stereocenters. The maximum Gasteiger partial charge on any atom is 0.106 e. The Hall–Kier alpha value is -0.240. The first kappa shape index (κ1) is 14.8. The third kappa shape index (κ3) is 4.87. The van der Waals surface area contributed by atoms with Crippen LogP contribution in [0.2, 0.25) is 0 Å². The summed E-state index contributed by atoms with van der Waals surface area (Å²) in [4.78, 5) is 0. The molecule has 0 amide bonds. The third-order valence-electron chi connectivity index (χ3n) is 3.24. The number of hydrogen-bond donors (Lipinski definition) is 1. The highest BCUT2D eigenvalue weighted by atomic mass is 32.2. The Morgan fingerprint density at radius 3 is 2.71 bits per heavy atom. The molecule has 0 radical (unpaired) electrons. The average Bonchev–Trinajstić information content (AvgIpc) is 2.31. The summed E-state index contributed by atoms with van der Waals surface area (Å²) in [7, 11) is 0. The fourth-order valence-corrected chi connectivity index (χ4v) is 2.89. The lowest BCUT2D eigenvalue weighted by molar-refractivity contribution is 0.0455. The quantitative estimate of drug-likeness (QED) is 0.644. The van der Waals surface area contributed by atoms with Crippen LogP contribution in [-0.4, -0.2) is 36.3 Å². The Labute approximate surface area is 109 Å². The Morgan fingerprint density at radius 2 is 2.24 bits per heavy atom. The van der Waals surface area contributed by atoms with E-state index in [0.717, 1.165) is 51.2 Å². The normalized spacial score (nSPS) is 19.4. The van der Waals surface area contributed by atoms with E-state index < -0.39 is 0 Å². The number of hydrogen-bond acceptors (Lipinski definition) is 4. The average molecular weight is 256 g/mol. The summed E-state index contributed by atoms with van der Waals surface area (Å²) >= 11 is 1.99. The summed E-state index contributed by atoms with van der Waals surface area (Å²) in [5.74, 6) is 1.14. The van der Waals surface area contributed by atoms with Crippen molar-refractivity contribution < 1.29 is 4.74 Å². The van der Waals surface area contributed by atoms with Crippen LogP contribution in [0.25, 0.3) is 0 Å². The van der Waals surface area contributed by atoms with Crippen LogP contribution < -0.4 is 5.32 Å². The topological polar surface area (TPSA) is 45.0 Å². The second-order valence-electron chi connectivity index (χ2n) is 4.61. The van der Waals surface area contributed by atoms with E-state index in [9.17, 15) is 5.26 Å². The van der Waals surface area contributed by atoms with Crippen molar-refractivity contribution in [3.8, 4) is 6.07 Å². The first-order chi connectivity index (χ1) is 8.26. The molecule has 0 aromatic rings. The van der Waals surface area contributed by atoms with Gasteiger partial charge in [-0.25, -0.2) is 0 Å². The summed E-state index contributed by atoms with van der Waals surface area (Å²) in [5, 5.41) is 13.4. The molecule has 0 bridgehead atoms. The molecule has 1 fully saturated rings. The minimum atomic E-state index is -0.299. The van der Waals surface area contributed by atoms with Gasteiger partial charge in [-0.15, -0.1) is 0 Å². The van der Waals surface area contributed by atoms with Crippen molar-refractivity contribution in [1.29, 1.82) is 5.26 Å². The molecule has 0 aromatic heterocycles. The van der Waals surface area contributed by atoms with Gasteiger partial charge in [0.1, 0.15) is 5.54 Å². The van der Waals surface area contributed by atoms with Crippen molar-refractivity contribution in [2.24, 2.45) is 0 Å². The predicted octanol–water partition coefficient (Wildman–Crippen LogP) is 2.57. The Balaban J connectivity index is 2.20. The van der Waals surface area contributed by atoms with Crippen molar-refractivity contribution in [1.82, 2.24) is 5.32 Å². The van der Waals surface area contributed by atoms with E-state index >= 15 is 0 Å². The number of nitriles is 1. The molecule has 0 saturated carbocycles. The standard InChI is InChI=1S/C13H24N2OS/c1-3-7-15-13(4-2,11-14)6-5-8-17-12-9-16-10-12/h12,15H,3-10H2,1-2H3. The highest BCUT2D eigenvalue weighted by Crippen LogP contribution is 2.23. The molecular formula is C13H24N2OS. The Kier molecular flexibility index (Phi) is 6.94. The van der Waals surface area contributed by atoms with Gasteiger partial charge in [-0.2, -0.15) is 17.0 Å². The van der Waals surface area contributed by atoms with E-state index in [1.54, 1.807) is 0 Å². The zero-order valence-corrected chi connectivity index (χ0v) is 11.8. The van der Waals surface area contributed by atoms with Gasteiger partial charge in [0.05, 0.1) is 24.5 Å². The van der Waals surface area contributed by atoms with Crippen LogP contribution in [0, 0.1) is 11.3 Å². The number of nitrogens with one attached hydrogen (secondary N) is 1. The van der Waals surface area contributed by atoms with E-state index in [1.807, 2.05) is 11.8 Å². The molecule has 0 aliphatic carbocycles. The number of ether oxygens (including phenoxy) is 1. The summed E-state index contributed by atoms with van der Waals surface area (Å²) in [6.07, 6.45) is 4.04. The van der Waals surface area contributed by atoms with Gasteiger partial charge in [0.2, 0.25) is 0 Å². The fraction of sp³-hybridized carbons (Fsp3) is 0.923. The first-order valence-electron chi connectivity index (χ1n) is 6.62.